The van der Waals surface area contributed by atoms with Gasteiger partial charge in [0.25, 0.3) is 0 Å². The lowest BCUT2D eigenvalue weighted by atomic mass is 10.1. The molecule has 92 valence electrons. The number of thiazole rings is 1. The van der Waals surface area contributed by atoms with Gasteiger partial charge in [-0.2, -0.15) is 0 Å². The Labute approximate surface area is 118 Å². The molecule has 1 atom stereocenters. The Bertz CT molecular complexity index is 478. The number of nitrogens with one attached hydrogen (secondary N) is 1. The maximum atomic E-state index is 4.54. The van der Waals surface area contributed by atoms with Crippen LogP contribution in [0.15, 0.2) is 20.6 Å². The van der Waals surface area contributed by atoms with E-state index in [1.807, 2.05) is 0 Å². The van der Waals surface area contributed by atoms with Crippen molar-refractivity contribution in [1.29, 1.82) is 0 Å². The van der Waals surface area contributed by atoms with Gasteiger partial charge in [-0.15, -0.1) is 22.7 Å². The molecule has 0 aliphatic rings. The predicted molar refractivity (Wildman–Crippen MR) is 79.0 cm³/mol. The number of thiophene rings is 1. The minimum atomic E-state index is 0.365. The lowest BCUT2D eigenvalue weighted by Crippen LogP contribution is -2.22. The standard InChI is InChI=1S/C12H15BrN2S2/c1-3-14-11(9-4-12(13)17-6-9)5-10-7-16-8(2)15-10/h4,6-7,11,14H,3,5H2,1-2H3. The SMILES string of the molecule is CCNC(Cc1csc(C)n1)c1csc(Br)c1. The molecule has 0 saturated heterocycles. The Hall–Kier alpha value is -0.230. The second-order valence-electron chi connectivity index (χ2n) is 3.86. The third kappa shape index (κ3) is 3.61. The van der Waals surface area contributed by atoms with E-state index in [9.17, 15) is 0 Å². The van der Waals surface area contributed by atoms with Crippen molar-refractivity contribution in [2.24, 2.45) is 0 Å². The molecule has 1 N–H and O–H groups in total. The minimum absolute atomic E-state index is 0.365. The molecule has 0 aromatic carbocycles. The summed E-state index contributed by atoms with van der Waals surface area (Å²) in [6.45, 7) is 5.17. The first-order valence-electron chi connectivity index (χ1n) is 5.57. The Morgan fingerprint density at radius 1 is 1.41 bits per heavy atom. The number of aromatic nitrogens is 1. The van der Waals surface area contributed by atoms with Crippen molar-refractivity contribution >= 4 is 38.6 Å². The summed E-state index contributed by atoms with van der Waals surface area (Å²) in [4.78, 5) is 4.54. The number of nitrogens with zero attached hydrogens (tertiary/aromatic N) is 1. The smallest absolute Gasteiger partial charge is 0.0897 e. The summed E-state index contributed by atoms with van der Waals surface area (Å²) in [6, 6.07) is 2.56. The molecule has 5 heteroatoms. The molecule has 0 radical (unpaired) electrons. The quantitative estimate of drug-likeness (QED) is 0.889. The first-order chi connectivity index (χ1) is 8.19. The molecule has 17 heavy (non-hydrogen) atoms. The van der Waals surface area contributed by atoms with E-state index in [0.717, 1.165) is 18.0 Å². The number of likely N-dealkylation sites (N-methyl/N-ethyl adjacent to an activating group) is 1. The molecule has 2 aromatic rings. The third-order valence-corrected chi connectivity index (χ3v) is 4.87. The van der Waals surface area contributed by atoms with Gasteiger partial charge >= 0.3 is 0 Å². The molecule has 0 fully saturated rings. The summed E-state index contributed by atoms with van der Waals surface area (Å²) in [5.41, 5.74) is 2.52. The van der Waals surface area contributed by atoms with Crippen molar-refractivity contribution in [3.8, 4) is 0 Å². The van der Waals surface area contributed by atoms with Gasteiger partial charge in [0.2, 0.25) is 0 Å². The van der Waals surface area contributed by atoms with Crippen LogP contribution in [0.25, 0.3) is 0 Å². The average Bonchev–Trinajstić information content (AvgIpc) is 2.87. The highest BCUT2D eigenvalue weighted by atomic mass is 79.9. The maximum absolute atomic E-state index is 4.54. The first kappa shape index (κ1) is 13.2. The summed E-state index contributed by atoms with van der Waals surface area (Å²) in [6.07, 6.45) is 0.960. The van der Waals surface area contributed by atoms with Gasteiger partial charge in [-0.3, -0.25) is 0 Å². The number of hydrogen-bond acceptors (Lipinski definition) is 4. The van der Waals surface area contributed by atoms with Crippen LogP contribution in [-0.4, -0.2) is 11.5 Å². The molecule has 1 unspecified atom stereocenters. The zero-order chi connectivity index (χ0) is 12.3. The van der Waals surface area contributed by atoms with E-state index in [4.69, 9.17) is 0 Å². The fourth-order valence-electron chi connectivity index (χ4n) is 1.77. The van der Waals surface area contributed by atoms with Crippen LogP contribution in [0.1, 0.15) is 29.2 Å². The summed E-state index contributed by atoms with van der Waals surface area (Å²) in [5.74, 6) is 0. The van der Waals surface area contributed by atoms with E-state index in [1.165, 1.54) is 15.0 Å². The number of aryl methyl sites for hydroxylation is 1. The zero-order valence-corrected chi connectivity index (χ0v) is 13.1. The highest BCUT2D eigenvalue weighted by molar-refractivity contribution is 9.11. The fourth-order valence-corrected chi connectivity index (χ4v) is 3.63. The van der Waals surface area contributed by atoms with Gasteiger partial charge in [0.1, 0.15) is 0 Å². The van der Waals surface area contributed by atoms with Crippen molar-refractivity contribution in [3.63, 3.8) is 0 Å². The summed E-state index contributed by atoms with van der Waals surface area (Å²) >= 11 is 6.97. The molecule has 0 spiro atoms. The molecule has 2 nitrogen and oxygen atoms in total. The second-order valence-corrected chi connectivity index (χ2v) is 7.21. The Balaban J connectivity index is 2.12. The number of halogens is 1. The average molecular weight is 331 g/mol. The van der Waals surface area contributed by atoms with Gasteiger partial charge in [-0.25, -0.2) is 4.98 Å². The lowest BCUT2D eigenvalue weighted by molar-refractivity contribution is 0.546. The highest BCUT2D eigenvalue weighted by Gasteiger charge is 2.14. The number of rotatable bonds is 5. The molecule has 2 heterocycles. The first-order valence-corrected chi connectivity index (χ1v) is 8.12. The lowest BCUT2D eigenvalue weighted by Gasteiger charge is -2.15. The van der Waals surface area contributed by atoms with Gasteiger partial charge in [-0.1, -0.05) is 6.92 Å². The Morgan fingerprint density at radius 3 is 2.76 bits per heavy atom. The highest BCUT2D eigenvalue weighted by Crippen LogP contribution is 2.27. The van der Waals surface area contributed by atoms with Crippen molar-refractivity contribution in [1.82, 2.24) is 10.3 Å². The predicted octanol–water partition coefficient (Wildman–Crippen LogP) is 4.17. The van der Waals surface area contributed by atoms with Crippen LogP contribution in [-0.2, 0) is 6.42 Å². The van der Waals surface area contributed by atoms with Crippen LogP contribution in [0.4, 0.5) is 0 Å². The summed E-state index contributed by atoms with van der Waals surface area (Å²) < 4.78 is 1.19. The van der Waals surface area contributed by atoms with Gasteiger partial charge < -0.3 is 5.32 Å². The maximum Gasteiger partial charge on any atom is 0.0897 e. The topological polar surface area (TPSA) is 24.9 Å². The van der Waals surface area contributed by atoms with E-state index in [1.54, 1.807) is 22.7 Å². The largest absolute Gasteiger partial charge is 0.310 e. The van der Waals surface area contributed by atoms with Crippen LogP contribution in [0, 0.1) is 6.92 Å². The Kier molecular flexibility index (Phi) is 4.73. The molecule has 0 aliphatic carbocycles. The van der Waals surface area contributed by atoms with Crippen LogP contribution in [0.3, 0.4) is 0 Å². The number of hydrogen-bond donors (Lipinski definition) is 1. The van der Waals surface area contributed by atoms with Crippen LogP contribution in [0.2, 0.25) is 0 Å². The monoisotopic (exact) mass is 330 g/mol. The van der Waals surface area contributed by atoms with Crippen LogP contribution in [0.5, 0.6) is 0 Å². The summed E-state index contributed by atoms with van der Waals surface area (Å²) in [7, 11) is 0. The molecule has 0 bridgehead atoms. The van der Waals surface area contributed by atoms with E-state index >= 15 is 0 Å². The van der Waals surface area contributed by atoms with Gasteiger partial charge in [0.05, 0.1) is 14.5 Å². The van der Waals surface area contributed by atoms with E-state index in [2.05, 4.69) is 56.9 Å². The molecule has 0 saturated carbocycles. The molecule has 0 aliphatic heterocycles. The van der Waals surface area contributed by atoms with Crippen molar-refractivity contribution in [2.45, 2.75) is 26.3 Å². The zero-order valence-electron chi connectivity index (χ0n) is 9.87. The van der Waals surface area contributed by atoms with E-state index < -0.39 is 0 Å². The third-order valence-electron chi connectivity index (χ3n) is 2.52. The van der Waals surface area contributed by atoms with Gasteiger partial charge in [0.15, 0.2) is 0 Å². The van der Waals surface area contributed by atoms with Crippen molar-refractivity contribution < 1.29 is 0 Å². The molecular weight excluding hydrogens is 316 g/mol. The van der Waals surface area contributed by atoms with E-state index in [-0.39, 0.29) is 0 Å². The Morgan fingerprint density at radius 2 is 2.24 bits per heavy atom. The minimum Gasteiger partial charge on any atom is -0.310 e. The van der Waals surface area contributed by atoms with Gasteiger partial charge in [0, 0.05) is 17.8 Å². The summed E-state index contributed by atoms with van der Waals surface area (Å²) in [5, 5.41) is 9.02. The molecule has 2 rings (SSSR count). The molecular formula is C12H15BrN2S2. The van der Waals surface area contributed by atoms with Crippen molar-refractivity contribution in [2.75, 3.05) is 6.54 Å². The molecule has 0 amide bonds. The molecule has 2 aromatic heterocycles. The van der Waals surface area contributed by atoms with E-state index in [0.29, 0.717) is 6.04 Å². The van der Waals surface area contributed by atoms with Crippen LogP contribution < -0.4 is 5.32 Å². The fraction of sp³-hybridized carbons (Fsp3) is 0.417. The van der Waals surface area contributed by atoms with Crippen LogP contribution >= 0.6 is 38.6 Å². The van der Waals surface area contributed by atoms with Gasteiger partial charge in [-0.05, 0) is 46.4 Å². The van der Waals surface area contributed by atoms with Crippen molar-refractivity contribution in [3.05, 3.63) is 36.9 Å². The normalized spacial score (nSPS) is 12.9. The second kappa shape index (κ2) is 6.09.